The number of aryl methyl sites for hydroxylation is 2. The maximum Gasteiger partial charge on any atom is 0.227 e. The molecule has 1 aliphatic heterocycles. The molecule has 28 heavy (non-hydrogen) atoms. The third kappa shape index (κ3) is 4.40. The number of benzene rings is 1. The first-order valence-electron chi connectivity index (χ1n) is 9.83. The van der Waals surface area contributed by atoms with E-state index in [2.05, 4.69) is 15.5 Å². The van der Waals surface area contributed by atoms with Gasteiger partial charge in [-0.3, -0.25) is 9.59 Å². The van der Waals surface area contributed by atoms with Gasteiger partial charge in [0, 0.05) is 37.5 Å². The van der Waals surface area contributed by atoms with Crippen molar-refractivity contribution in [3.05, 3.63) is 41.0 Å². The van der Waals surface area contributed by atoms with Gasteiger partial charge >= 0.3 is 0 Å². The van der Waals surface area contributed by atoms with E-state index in [1.165, 1.54) is 0 Å². The Kier molecular flexibility index (Phi) is 6.11. The maximum absolute atomic E-state index is 12.5. The van der Waals surface area contributed by atoms with Crippen LogP contribution in [0.3, 0.4) is 0 Å². The van der Waals surface area contributed by atoms with Crippen molar-refractivity contribution in [1.29, 1.82) is 0 Å². The lowest BCUT2D eigenvalue weighted by atomic mass is 10.1. The van der Waals surface area contributed by atoms with Crippen LogP contribution in [0.5, 0.6) is 0 Å². The zero-order valence-corrected chi connectivity index (χ0v) is 17.0. The van der Waals surface area contributed by atoms with Gasteiger partial charge in [0.1, 0.15) is 0 Å². The number of aromatic nitrogens is 2. The fourth-order valence-corrected chi connectivity index (χ4v) is 3.34. The number of hydrogen-bond acceptors (Lipinski definition) is 5. The summed E-state index contributed by atoms with van der Waals surface area (Å²) >= 11 is 0. The summed E-state index contributed by atoms with van der Waals surface area (Å²) in [5, 5.41) is 6.87. The fraction of sp³-hybridized carbons (Fsp3) is 0.524. The van der Waals surface area contributed by atoms with E-state index in [9.17, 15) is 9.59 Å². The van der Waals surface area contributed by atoms with Crippen LogP contribution in [0, 0.1) is 19.8 Å². The first kappa shape index (κ1) is 20.0. The summed E-state index contributed by atoms with van der Waals surface area (Å²) in [4.78, 5) is 31.0. The van der Waals surface area contributed by atoms with Crippen LogP contribution >= 0.6 is 0 Å². The van der Waals surface area contributed by atoms with Crippen LogP contribution in [0.15, 0.2) is 22.7 Å². The van der Waals surface area contributed by atoms with Gasteiger partial charge in [-0.15, -0.1) is 0 Å². The highest BCUT2D eigenvalue weighted by Gasteiger charge is 2.35. The lowest BCUT2D eigenvalue weighted by Crippen LogP contribution is -2.33. The Labute approximate surface area is 165 Å². The molecule has 0 bridgehead atoms. The number of nitrogens with zero attached hydrogens (tertiary/aromatic N) is 3. The van der Waals surface area contributed by atoms with E-state index in [4.69, 9.17) is 4.52 Å². The lowest BCUT2D eigenvalue weighted by Gasteiger charge is -2.20. The minimum atomic E-state index is -0.316. The number of hydrogen-bond donors (Lipinski definition) is 1. The predicted octanol–water partition coefficient (Wildman–Crippen LogP) is 2.91. The van der Waals surface area contributed by atoms with Crippen LogP contribution in [0.4, 0.5) is 5.69 Å². The number of anilines is 1. The van der Waals surface area contributed by atoms with E-state index in [-0.39, 0.29) is 30.1 Å². The Bertz CT molecular complexity index is 859. The number of rotatable bonds is 7. The van der Waals surface area contributed by atoms with Crippen LogP contribution in [0.1, 0.15) is 55.4 Å². The first-order chi connectivity index (χ1) is 13.4. The zero-order chi connectivity index (χ0) is 20.3. The van der Waals surface area contributed by atoms with Gasteiger partial charge in [-0.2, -0.15) is 4.98 Å². The largest absolute Gasteiger partial charge is 0.356 e. The van der Waals surface area contributed by atoms with Crippen molar-refractivity contribution in [3.8, 4) is 0 Å². The first-order valence-corrected chi connectivity index (χ1v) is 9.83. The van der Waals surface area contributed by atoms with Crippen LogP contribution < -0.4 is 10.2 Å². The van der Waals surface area contributed by atoms with E-state index in [0.29, 0.717) is 37.6 Å². The summed E-state index contributed by atoms with van der Waals surface area (Å²) in [6, 6.07) is 5.91. The van der Waals surface area contributed by atoms with Crippen molar-refractivity contribution in [1.82, 2.24) is 15.5 Å². The smallest absolute Gasteiger partial charge is 0.227 e. The molecule has 2 heterocycles. The van der Waals surface area contributed by atoms with Gasteiger partial charge in [0.05, 0.1) is 5.92 Å². The van der Waals surface area contributed by atoms with Crippen molar-refractivity contribution in [3.63, 3.8) is 0 Å². The van der Waals surface area contributed by atoms with E-state index in [1.54, 1.807) is 4.90 Å². The van der Waals surface area contributed by atoms with Gasteiger partial charge in [-0.25, -0.2) is 0 Å². The number of carbonyl (C=O) groups is 2. The SMILES string of the molecule is Cc1cccc(N2CC(C(=O)NCCCc3nc(C(C)C)no3)CC2=O)c1C. The molecule has 2 aromatic rings. The molecule has 0 radical (unpaired) electrons. The summed E-state index contributed by atoms with van der Waals surface area (Å²) in [7, 11) is 0. The van der Waals surface area contributed by atoms with Gasteiger partial charge < -0.3 is 14.7 Å². The summed E-state index contributed by atoms with van der Waals surface area (Å²) in [5.74, 6) is 1.14. The maximum atomic E-state index is 12.5. The Morgan fingerprint density at radius 2 is 2.14 bits per heavy atom. The standard InChI is InChI=1S/C21H28N4O3/c1-13(2)20-23-18(28-24-20)9-6-10-22-21(27)16-11-19(26)25(12-16)17-8-5-7-14(3)15(17)4/h5,7-8,13,16H,6,9-12H2,1-4H3,(H,22,27). The zero-order valence-electron chi connectivity index (χ0n) is 17.0. The summed E-state index contributed by atoms with van der Waals surface area (Å²) < 4.78 is 5.21. The van der Waals surface area contributed by atoms with Crippen LogP contribution in [0.2, 0.25) is 0 Å². The normalized spacial score (nSPS) is 16.8. The molecule has 1 aromatic carbocycles. The van der Waals surface area contributed by atoms with E-state index < -0.39 is 0 Å². The molecule has 1 aliphatic rings. The lowest BCUT2D eigenvalue weighted by molar-refractivity contribution is -0.126. The molecule has 1 aromatic heterocycles. The molecule has 0 aliphatic carbocycles. The van der Waals surface area contributed by atoms with Gasteiger partial charge in [0.25, 0.3) is 0 Å². The molecule has 7 nitrogen and oxygen atoms in total. The second-order valence-electron chi connectivity index (χ2n) is 7.72. The topological polar surface area (TPSA) is 88.3 Å². The third-order valence-corrected chi connectivity index (χ3v) is 5.23. The minimum Gasteiger partial charge on any atom is -0.356 e. The molecule has 0 saturated carbocycles. The fourth-order valence-electron chi connectivity index (χ4n) is 3.34. The Morgan fingerprint density at radius 1 is 1.36 bits per heavy atom. The number of carbonyl (C=O) groups excluding carboxylic acids is 2. The molecule has 1 saturated heterocycles. The minimum absolute atomic E-state index is 0.000856. The highest BCUT2D eigenvalue weighted by atomic mass is 16.5. The molecule has 0 spiro atoms. The average Bonchev–Trinajstić information content (AvgIpc) is 3.28. The van der Waals surface area contributed by atoms with Crippen LogP contribution in [-0.4, -0.2) is 35.0 Å². The van der Waals surface area contributed by atoms with Crippen molar-refractivity contribution in [2.45, 2.75) is 52.9 Å². The second-order valence-corrected chi connectivity index (χ2v) is 7.72. The second kappa shape index (κ2) is 8.54. The van der Waals surface area contributed by atoms with Gasteiger partial charge in [-0.1, -0.05) is 31.1 Å². The molecule has 1 atom stereocenters. The highest BCUT2D eigenvalue weighted by Crippen LogP contribution is 2.29. The summed E-state index contributed by atoms with van der Waals surface area (Å²) in [6.07, 6.45) is 1.59. The average molecular weight is 384 g/mol. The van der Waals surface area contributed by atoms with Crippen molar-refractivity contribution in [2.24, 2.45) is 5.92 Å². The van der Waals surface area contributed by atoms with Gasteiger partial charge in [-0.05, 0) is 37.5 Å². The van der Waals surface area contributed by atoms with Crippen LogP contribution in [-0.2, 0) is 16.0 Å². The molecule has 2 amide bonds. The van der Waals surface area contributed by atoms with E-state index in [1.807, 2.05) is 45.9 Å². The molecule has 7 heteroatoms. The monoisotopic (exact) mass is 384 g/mol. The van der Waals surface area contributed by atoms with E-state index in [0.717, 1.165) is 16.8 Å². The highest BCUT2D eigenvalue weighted by molar-refractivity contribution is 6.00. The van der Waals surface area contributed by atoms with Gasteiger partial charge in [0.15, 0.2) is 5.82 Å². The summed E-state index contributed by atoms with van der Waals surface area (Å²) in [6.45, 7) is 9.01. The molecule has 1 N–H and O–H groups in total. The molecule has 1 fully saturated rings. The number of amides is 2. The molecule has 1 unspecified atom stereocenters. The Balaban J connectivity index is 1.48. The Hall–Kier alpha value is -2.70. The number of nitrogens with one attached hydrogen (secondary N) is 1. The quantitative estimate of drug-likeness (QED) is 0.742. The van der Waals surface area contributed by atoms with Crippen molar-refractivity contribution < 1.29 is 14.1 Å². The van der Waals surface area contributed by atoms with Crippen molar-refractivity contribution >= 4 is 17.5 Å². The summed E-state index contributed by atoms with van der Waals surface area (Å²) in [5.41, 5.74) is 3.12. The molecular formula is C21H28N4O3. The predicted molar refractivity (Wildman–Crippen MR) is 106 cm³/mol. The van der Waals surface area contributed by atoms with E-state index >= 15 is 0 Å². The Morgan fingerprint density at radius 3 is 2.86 bits per heavy atom. The van der Waals surface area contributed by atoms with Crippen molar-refractivity contribution in [2.75, 3.05) is 18.0 Å². The molecule has 150 valence electrons. The third-order valence-electron chi connectivity index (χ3n) is 5.23. The van der Waals surface area contributed by atoms with Gasteiger partial charge in [0.2, 0.25) is 17.7 Å². The molecule has 3 rings (SSSR count). The molecular weight excluding hydrogens is 356 g/mol. The van der Waals surface area contributed by atoms with Crippen LogP contribution in [0.25, 0.3) is 0 Å².